The Morgan fingerprint density at radius 2 is 2.22 bits per heavy atom. The second kappa shape index (κ2) is 7.36. The summed E-state index contributed by atoms with van der Waals surface area (Å²) in [6.07, 6.45) is 0.991. The van der Waals surface area contributed by atoms with Gasteiger partial charge in [-0.2, -0.15) is 0 Å². The summed E-state index contributed by atoms with van der Waals surface area (Å²) in [5.41, 5.74) is 0.774. The van der Waals surface area contributed by atoms with Gasteiger partial charge >= 0.3 is 5.97 Å². The van der Waals surface area contributed by atoms with Crippen LogP contribution in [-0.4, -0.2) is 24.5 Å². The molecule has 5 heteroatoms. The van der Waals surface area contributed by atoms with Crippen LogP contribution in [0.2, 0.25) is 0 Å². The maximum Gasteiger partial charge on any atom is 0.302 e. The van der Waals surface area contributed by atoms with E-state index >= 15 is 0 Å². The van der Waals surface area contributed by atoms with E-state index in [4.69, 9.17) is 9.47 Å². The molecule has 0 heterocycles. The molecule has 100 valence electrons. The van der Waals surface area contributed by atoms with Crippen molar-refractivity contribution < 1.29 is 18.7 Å². The minimum atomic E-state index is -0.314. The highest BCUT2D eigenvalue weighted by Crippen LogP contribution is 2.22. The minimum Gasteiger partial charge on any atom is -0.496 e. The molecule has 0 aliphatic rings. The third-order valence-corrected chi connectivity index (χ3v) is 3.21. The molecule has 0 radical (unpaired) electrons. The van der Waals surface area contributed by atoms with Gasteiger partial charge in [0.1, 0.15) is 17.7 Å². The van der Waals surface area contributed by atoms with Crippen LogP contribution in [0.4, 0.5) is 4.39 Å². The number of methoxy groups -OCH3 is 1. The second-order valence-corrected chi connectivity index (χ2v) is 4.53. The van der Waals surface area contributed by atoms with Crippen molar-refractivity contribution in [2.45, 2.75) is 25.9 Å². The predicted octanol–water partition coefficient (Wildman–Crippen LogP) is 3.09. The Labute approximate surface area is 114 Å². The number of rotatable bonds is 6. The van der Waals surface area contributed by atoms with E-state index in [9.17, 15) is 9.18 Å². The van der Waals surface area contributed by atoms with Gasteiger partial charge in [0, 0.05) is 12.3 Å². The lowest BCUT2D eigenvalue weighted by molar-refractivity contribution is -0.145. The molecule has 0 saturated heterocycles. The maximum absolute atomic E-state index is 13.1. The van der Waals surface area contributed by atoms with E-state index in [-0.39, 0.29) is 17.9 Å². The van der Waals surface area contributed by atoms with Gasteiger partial charge in [-0.05, 0) is 36.6 Å². The summed E-state index contributed by atoms with van der Waals surface area (Å²) in [5, 5.41) is 0.560. The van der Waals surface area contributed by atoms with E-state index in [1.807, 2.05) is 0 Å². The van der Waals surface area contributed by atoms with E-state index in [2.05, 4.69) is 15.9 Å². The first-order chi connectivity index (χ1) is 8.56. The monoisotopic (exact) mass is 318 g/mol. The van der Waals surface area contributed by atoms with Gasteiger partial charge in [0.2, 0.25) is 0 Å². The van der Waals surface area contributed by atoms with Crippen molar-refractivity contribution in [3.05, 3.63) is 29.6 Å². The van der Waals surface area contributed by atoms with Crippen LogP contribution in [0.25, 0.3) is 0 Å². The molecule has 0 unspecified atom stereocenters. The van der Waals surface area contributed by atoms with Gasteiger partial charge in [0.15, 0.2) is 0 Å². The molecule has 1 aromatic rings. The molecule has 0 bridgehead atoms. The summed E-state index contributed by atoms with van der Waals surface area (Å²) in [7, 11) is 1.55. The van der Waals surface area contributed by atoms with Gasteiger partial charge in [-0.15, -0.1) is 0 Å². The molecule has 0 N–H and O–H groups in total. The van der Waals surface area contributed by atoms with E-state index in [0.717, 1.165) is 5.56 Å². The number of carbonyl (C=O) groups is 1. The third kappa shape index (κ3) is 4.64. The number of alkyl halides is 1. The molecule has 1 aromatic carbocycles. The molecule has 0 fully saturated rings. The normalized spacial score (nSPS) is 12.0. The number of ether oxygens (including phenoxy) is 2. The molecule has 0 spiro atoms. The molecule has 0 aliphatic heterocycles. The SMILES string of the molecule is COc1ccc(F)cc1CC[C@@H](CBr)OC(C)=O. The molecular formula is C13H16BrFO3. The quantitative estimate of drug-likeness (QED) is 0.597. The fourth-order valence-electron chi connectivity index (χ4n) is 1.66. The molecule has 1 atom stereocenters. The van der Waals surface area contributed by atoms with Crippen molar-refractivity contribution >= 4 is 21.9 Å². The smallest absolute Gasteiger partial charge is 0.302 e. The first-order valence-corrected chi connectivity index (χ1v) is 6.74. The van der Waals surface area contributed by atoms with Crippen LogP contribution >= 0.6 is 15.9 Å². The maximum atomic E-state index is 13.1. The standard InChI is InChI=1S/C13H16BrFO3/c1-9(16)18-12(8-14)5-3-10-7-11(15)4-6-13(10)17-2/h4,6-7,12H,3,5,8H2,1-2H3/t12-/m0/s1. The Hall–Kier alpha value is -1.10. The Bertz CT molecular complexity index is 409. The largest absolute Gasteiger partial charge is 0.496 e. The number of hydrogen-bond acceptors (Lipinski definition) is 3. The summed E-state index contributed by atoms with van der Waals surface area (Å²) in [6, 6.07) is 4.40. The molecule has 0 amide bonds. The molecule has 0 aromatic heterocycles. The van der Waals surface area contributed by atoms with E-state index in [1.165, 1.54) is 19.1 Å². The van der Waals surface area contributed by atoms with Crippen molar-refractivity contribution in [2.24, 2.45) is 0 Å². The lowest BCUT2D eigenvalue weighted by atomic mass is 10.1. The summed E-state index contributed by atoms with van der Waals surface area (Å²) in [4.78, 5) is 10.9. The molecule has 0 aliphatic carbocycles. The fourth-order valence-corrected chi connectivity index (χ4v) is 2.12. The number of esters is 1. The van der Waals surface area contributed by atoms with Crippen molar-refractivity contribution in [1.29, 1.82) is 0 Å². The average Bonchev–Trinajstić information content (AvgIpc) is 2.34. The number of hydrogen-bond donors (Lipinski definition) is 0. The van der Waals surface area contributed by atoms with Crippen LogP contribution in [0.1, 0.15) is 18.9 Å². The summed E-state index contributed by atoms with van der Waals surface area (Å²) >= 11 is 3.29. The Balaban J connectivity index is 2.66. The highest BCUT2D eigenvalue weighted by molar-refractivity contribution is 9.09. The van der Waals surface area contributed by atoms with Crippen LogP contribution in [0.15, 0.2) is 18.2 Å². The number of benzene rings is 1. The van der Waals surface area contributed by atoms with E-state index in [0.29, 0.717) is 23.9 Å². The lowest BCUT2D eigenvalue weighted by Crippen LogP contribution is -2.18. The minimum absolute atomic E-state index is 0.213. The molecule has 18 heavy (non-hydrogen) atoms. The Morgan fingerprint density at radius 3 is 2.78 bits per heavy atom. The first-order valence-electron chi connectivity index (χ1n) is 5.62. The van der Waals surface area contributed by atoms with Gasteiger partial charge in [0.25, 0.3) is 0 Å². The van der Waals surface area contributed by atoms with Crippen LogP contribution in [0.5, 0.6) is 5.75 Å². The van der Waals surface area contributed by atoms with Crippen LogP contribution < -0.4 is 4.74 Å². The number of carbonyl (C=O) groups excluding carboxylic acids is 1. The zero-order chi connectivity index (χ0) is 13.5. The van der Waals surface area contributed by atoms with Gasteiger partial charge in [-0.25, -0.2) is 4.39 Å². The molecular weight excluding hydrogens is 303 g/mol. The molecule has 1 rings (SSSR count). The van der Waals surface area contributed by atoms with Crippen LogP contribution in [0.3, 0.4) is 0 Å². The predicted molar refractivity (Wildman–Crippen MR) is 70.6 cm³/mol. The summed E-state index contributed by atoms with van der Waals surface area (Å²) in [5.74, 6) is 0.0342. The third-order valence-electron chi connectivity index (χ3n) is 2.48. The first kappa shape index (κ1) is 15.0. The number of aryl methyl sites for hydroxylation is 1. The van der Waals surface area contributed by atoms with E-state index in [1.54, 1.807) is 13.2 Å². The van der Waals surface area contributed by atoms with Gasteiger partial charge in [0.05, 0.1) is 7.11 Å². The zero-order valence-electron chi connectivity index (χ0n) is 10.4. The van der Waals surface area contributed by atoms with Crippen molar-refractivity contribution in [3.63, 3.8) is 0 Å². The Kier molecular flexibility index (Phi) is 6.12. The topological polar surface area (TPSA) is 35.5 Å². The lowest BCUT2D eigenvalue weighted by Gasteiger charge is -2.15. The Morgan fingerprint density at radius 1 is 1.50 bits per heavy atom. The van der Waals surface area contributed by atoms with Crippen molar-refractivity contribution in [2.75, 3.05) is 12.4 Å². The average molecular weight is 319 g/mol. The number of halogens is 2. The van der Waals surface area contributed by atoms with E-state index < -0.39 is 0 Å². The van der Waals surface area contributed by atoms with Crippen LogP contribution in [-0.2, 0) is 16.0 Å². The molecule has 0 saturated carbocycles. The van der Waals surface area contributed by atoms with Gasteiger partial charge < -0.3 is 9.47 Å². The molecule has 3 nitrogen and oxygen atoms in total. The van der Waals surface area contributed by atoms with Crippen molar-refractivity contribution in [1.82, 2.24) is 0 Å². The summed E-state index contributed by atoms with van der Waals surface area (Å²) in [6.45, 7) is 1.37. The van der Waals surface area contributed by atoms with Gasteiger partial charge in [-0.1, -0.05) is 15.9 Å². The summed E-state index contributed by atoms with van der Waals surface area (Å²) < 4.78 is 23.4. The highest BCUT2D eigenvalue weighted by atomic mass is 79.9. The van der Waals surface area contributed by atoms with Crippen LogP contribution in [0, 0.1) is 5.82 Å². The fraction of sp³-hybridized carbons (Fsp3) is 0.462. The van der Waals surface area contributed by atoms with Crippen molar-refractivity contribution in [3.8, 4) is 5.75 Å². The highest BCUT2D eigenvalue weighted by Gasteiger charge is 2.12. The zero-order valence-corrected chi connectivity index (χ0v) is 12.0. The second-order valence-electron chi connectivity index (χ2n) is 3.88. The van der Waals surface area contributed by atoms with Gasteiger partial charge in [-0.3, -0.25) is 4.79 Å².